The molecule has 23 heavy (non-hydrogen) atoms. The molecule has 0 bridgehead atoms. The minimum atomic E-state index is -0.400. The highest BCUT2D eigenvalue weighted by atomic mass is 16.6. The molecule has 0 aromatic carbocycles. The molecule has 0 aromatic rings. The highest BCUT2D eigenvalue weighted by Gasteiger charge is 2.28. The number of hydrogen-bond acceptors (Lipinski definition) is 5. The van der Waals surface area contributed by atoms with E-state index in [9.17, 15) is 9.59 Å². The Kier molecular flexibility index (Phi) is 5.72. The van der Waals surface area contributed by atoms with E-state index in [0.29, 0.717) is 19.7 Å². The van der Waals surface area contributed by atoms with E-state index in [2.05, 4.69) is 10.2 Å². The molecule has 1 N–H and O–H groups in total. The molecule has 0 radical (unpaired) electrons. The second-order valence-electron chi connectivity index (χ2n) is 6.60. The zero-order valence-corrected chi connectivity index (χ0v) is 13.7. The van der Waals surface area contributed by atoms with Crippen LogP contribution in [0.25, 0.3) is 0 Å². The molecular weight excluding hydrogens is 298 g/mol. The van der Waals surface area contributed by atoms with Gasteiger partial charge in [0.2, 0.25) is 5.91 Å². The molecule has 7 nitrogen and oxygen atoms in total. The first kappa shape index (κ1) is 16.5. The van der Waals surface area contributed by atoms with Gasteiger partial charge in [0.15, 0.2) is 0 Å². The van der Waals surface area contributed by atoms with Gasteiger partial charge in [-0.2, -0.15) is 0 Å². The number of cyclic esters (lactones) is 1. The van der Waals surface area contributed by atoms with E-state index in [4.69, 9.17) is 9.47 Å². The Hall–Kier alpha value is -1.34. The molecule has 3 rings (SSSR count). The molecule has 7 heteroatoms. The van der Waals surface area contributed by atoms with E-state index in [1.807, 2.05) is 0 Å². The van der Waals surface area contributed by atoms with Crippen LogP contribution in [0.2, 0.25) is 0 Å². The number of carbonyl (C=O) groups excluding carboxylic acids is 2. The summed E-state index contributed by atoms with van der Waals surface area (Å²) < 4.78 is 10.6. The van der Waals surface area contributed by atoms with E-state index in [1.165, 1.54) is 30.6 Å². The summed E-state index contributed by atoms with van der Waals surface area (Å²) in [5.41, 5.74) is 0. The predicted molar refractivity (Wildman–Crippen MR) is 84.1 cm³/mol. The molecule has 3 aliphatic rings. The quantitative estimate of drug-likeness (QED) is 0.774. The van der Waals surface area contributed by atoms with Crippen LogP contribution in [0.1, 0.15) is 32.1 Å². The highest BCUT2D eigenvalue weighted by molar-refractivity contribution is 5.82. The maximum absolute atomic E-state index is 11.8. The van der Waals surface area contributed by atoms with Crippen molar-refractivity contribution in [2.24, 2.45) is 0 Å². The lowest BCUT2D eigenvalue weighted by molar-refractivity contribution is -0.121. The zero-order chi connectivity index (χ0) is 16.1. The van der Waals surface area contributed by atoms with Crippen molar-refractivity contribution in [3.8, 4) is 0 Å². The summed E-state index contributed by atoms with van der Waals surface area (Å²) in [7, 11) is 0. The number of nitrogens with zero attached hydrogens (tertiary/aromatic N) is 2. The number of ether oxygens (including phenoxy) is 2. The van der Waals surface area contributed by atoms with Crippen LogP contribution in [0.15, 0.2) is 0 Å². The molecule has 3 fully saturated rings. The summed E-state index contributed by atoms with van der Waals surface area (Å²) in [4.78, 5) is 27.1. The smallest absolute Gasteiger partial charge is 0.410 e. The van der Waals surface area contributed by atoms with Gasteiger partial charge in [0.1, 0.15) is 13.2 Å². The molecule has 130 valence electrons. The Bertz CT molecular complexity index is 426. The number of amides is 2. The van der Waals surface area contributed by atoms with E-state index in [0.717, 1.165) is 32.2 Å². The van der Waals surface area contributed by atoms with Crippen molar-refractivity contribution >= 4 is 12.0 Å². The summed E-state index contributed by atoms with van der Waals surface area (Å²) in [5, 5.41) is 2.87. The van der Waals surface area contributed by atoms with E-state index in [1.54, 1.807) is 0 Å². The monoisotopic (exact) mass is 325 g/mol. The zero-order valence-electron chi connectivity index (χ0n) is 13.7. The molecule has 1 aliphatic carbocycles. The minimum Gasteiger partial charge on any atom is -0.448 e. The van der Waals surface area contributed by atoms with Gasteiger partial charge in [-0.05, 0) is 19.3 Å². The Labute approximate surface area is 137 Å². The van der Waals surface area contributed by atoms with E-state index >= 15 is 0 Å². The predicted octanol–water partition coefficient (Wildman–Crippen LogP) is 0.588. The third kappa shape index (κ3) is 4.57. The molecule has 1 atom stereocenters. The normalized spacial score (nSPS) is 26.5. The standard InChI is InChI=1S/C16H27N3O4/c20-15(12-19-8-10-23-16(19)21)17-6-5-14-11-18(7-9-22-14)13-3-1-2-4-13/h13-14H,1-12H2,(H,17,20)/t14-/m1/s1. The van der Waals surface area contributed by atoms with Gasteiger partial charge < -0.3 is 14.8 Å². The summed E-state index contributed by atoms with van der Waals surface area (Å²) >= 11 is 0. The lowest BCUT2D eigenvalue weighted by Gasteiger charge is -2.36. The van der Waals surface area contributed by atoms with Gasteiger partial charge in [0.05, 0.1) is 19.3 Å². The van der Waals surface area contributed by atoms with Crippen molar-refractivity contribution in [3.63, 3.8) is 0 Å². The lowest BCUT2D eigenvalue weighted by Crippen LogP contribution is -2.48. The fourth-order valence-electron chi connectivity index (χ4n) is 3.69. The van der Waals surface area contributed by atoms with Gasteiger partial charge >= 0.3 is 6.09 Å². The summed E-state index contributed by atoms with van der Waals surface area (Å²) in [6.07, 6.45) is 5.94. The van der Waals surface area contributed by atoms with Crippen LogP contribution in [0, 0.1) is 0 Å². The maximum atomic E-state index is 11.8. The molecule has 2 aliphatic heterocycles. The van der Waals surface area contributed by atoms with Crippen molar-refractivity contribution in [2.75, 3.05) is 45.9 Å². The summed E-state index contributed by atoms with van der Waals surface area (Å²) in [6.45, 7) is 4.33. The van der Waals surface area contributed by atoms with Crippen LogP contribution >= 0.6 is 0 Å². The lowest BCUT2D eigenvalue weighted by atomic mass is 10.1. The van der Waals surface area contributed by atoms with Crippen LogP contribution in [-0.4, -0.2) is 79.9 Å². The Morgan fingerprint density at radius 2 is 2.04 bits per heavy atom. The van der Waals surface area contributed by atoms with Gasteiger partial charge in [-0.1, -0.05) is 12.8 Å². The van der Waals surface area contributed by atoms with Crippen LogP contribution < -0.4 is 5.32 Å². The van der Waals surface area contributed by atoms with E-state index < -0.39 is 6.09 Å². The Balaban J connectivity index is 1.33. The average molecular weight is 325 g/mol. The Morgan fingerprint density at radius 1 is 1.22 bits per heavy atom. The third-order valence-electron chi connectivity index (χ3n) is 4.98. The van der Waals surface area contributed by atoms with Gasteiger partial charge in [-0.3, -0.25) is 14.6 Å². The molecule has 0 spiro atoms. The molecule has 2 amide bonds. The molecule has 2 heterocycles. The SMILES string of the molecule is O=C(CN1CCOC1=O)NCC[C@@H]1CN(C2CCCC2)CCO1. The molecule has 0 aromatic heterocycles. The van der Waals surface area contributed by atoms with Crippen molar-refractivity contribution in [1.29, 1.82) is 0 Å². The molecule has 1 saturated carbocycles. The maximum Gasteiger partial charge on any atom is 0.410 e. The number of nitrogens with one attached hydrogen (secondary N) is 1. The number of rotatable bonds is 6. The first-order valence-electron chi connectivity index (χ1n) is 8.76. The van der Waals surface area contributed by atoms with E-state index in [-0.39, 0.29) is 18.6 Å². The molecular formula is C16H27N3O4. The second-order valence-corrected chi connectivity index (χ2v) is 6.60. The summed E-state index contributed by atoms with van der Waals surface area (Å²) in [5.74, 6) is -0.132. The second kappa shape index (κ2) is 7.97. The van der Waals surface area contributed by atoms with Gasteiger partial charge in [-0.25, -0.2) is 4.79 Å². The van der Waals surface area contributed by atoms with Crippen LogP contribution in [-0.2, 0) is 14.3 Å². The van der Waals surface area contributed by atoms with Crippen LogP contribution in [0.4, 0.5) is 4.79 Å². The largest absolute Gasteiger partial charge is 0.448 e. The average Bonchev–Trinajstić information content (AvgIpc) is 3.20. The van der Waals surface area contributed by atoms with Crippen molar-refractivity contribution in [3.05, 3.63) is 0 Å². The minimum absolute atomic E-state index is 0.0819. The number of carbonyl (C=O) groups is 2. The Morgan fingerprint density at radius 3 is 2.78 bits per heavy atom. The fraction of sp³-hybridized carbons (Fsp3) is 0.875. The topological polar surface area (TPSA) is 71.1 Å². The van der Waals surface area contributed by atoms with Gasteiger partial charge in [0, 0.05) is 25.7 Å². The third-order valence-corrected chi connectivity index (χ3v) is 4.98. The van der Waals surface area contributed by atoms with Crippen molar-refractivity contribution in [2.45, 2.75) is 44.2 Å². The highest BCUT2D eigenvalue weighted by Crippen LogP contribution is 2.25. The summed E-state index contributed by atoms with van der Waals surface area (Å²) in [6, 6.07) is 0.733. The van der Waals surface area contributed by atoms with Crippen LogP contribution in [0.5, 0.6) is 0 Å². The van der Waals surface area contributed by atoms with Crippen molar-refractivity contribution < 1.29 is 19.1 Å². The fourth-order valence-corrected chi connectivity index (χ4v) is 3.69. The van der Waals surface area contributed by atoms with Crippen LogP contribution in [0.3, 0.4) is 0 Å². The number of hydrogen-bond donors (Lipinski definition) is 1. The first-order valence-corrected chi connectivity index (χ1v) is 8.76. The van der Waals surface area contributed by atoms with Gasteiger partial charge in [0.25, 0.3) is 0 Å². The first-order chi connectivity index (χ1) is 11.2. The van der Waals surface area contributed by atoms with Gasteiger partial charge in [-0.15, -0.1) is 0 Å². The van der Waals surface area contributed by atoms with Crippen molar-refractivity contribution in [1.82, 2.24) is 15.1 Å². The molecule has 2 saturated heterocycles. The molecule has 0 unspecified atom stereocenters. The number of morpholine rings is 1.